The number of carbonyl (C=O) groups excluding carboxylic acids is 1. The second-order valence-corrected chi connectivity index (χ2v) is 6.43. The van der Waals surface area contributed by atoms with Crippen molar-refractivity contribution in [2.24, 2.45) is 0 Å². The van der Waals surface area contributed by atoms with Crippen LogP contribution in [0.2, 0.25) is 10.0 Å². The van der Waals surface area contributed by atoms with Gasteiger partial charge in [-0.3, -0.25) is 14.0 Å². The Morgan fingerprint density at radius 2 is 2.00 bits per heavy atom. The Morgan fingerprint density at radius 1 is 1.20 bits per heavy atom. The van der Waals surface area contributed by atoms with Crippen LogP contribution in [-0.2, 0) is 22.6 Å². The van der Waals surface area contributed by atoms with Crippen LogP contribution in [0.5, 0.6) is 0 Å². The largest absolute Gasteiger partial charge is 0.459 e. The van der Waals surface area contributed by atoms with Crippen molar-refractivity contribution in [3.8, 4) is 0 Å². The van der Waals surface area contributed by atoms with Crippen molar-refractivity contribution < 1.29 is 9.53 Å². The van der Waals surface area contributed by atoms with Gasteiger partial charge in [-0.25, -0.2) is 4.98 Å². The maximum Gasteiger partial charge on any atom is 0.310 e. The fourth-order valence-electron chi connectivity index (χ4n) is 2.35. The summed E-state index contributed by atoms with van der Waals surface area (Å²) in [5.74, 6) is -0.463. The van der Waals surface area contributed by atoms with Gasteiger partial charge in [-0.05, 0) is 42.3 Å². The number of aryl methyl sites for hydroxylation is 1. The first-order valence-corrected chi connectivity index (χ1v) is 8.26. The highest BCUT2D eigenvalue weighted by atomic mass is 35.5. The van der Waals surface area contributed by atoms with Crippen molar-refractivity contribution in [3.05, 3.63) is 79.8 Å². The number of rotatable bonds is 4. The molecule has 128 valence electrons. The van der Waals surface area contributed by atoms with Crippen LogP contribution in [0, 0.1) is 6.92 Å². The molecule has 2 heterocycles. The number of ether oxygens (including phenoxy) is 1. The zero-order chi connectivity index (χ0) is 18.0. The van der Waals surface area contributed by atoms with Crippen LogP contribution in [0.15, 0.2) is 47.4 Å². The molecule has 0 fully saturated rings. The number of carbonyl (C=O) groups is 1. The van der Waals surface area contributed by atoms with Crippen molar-refractivity contribution >= 4 is 34.8 Å². The third-order valence-corrected chi connectivity index (χ3v) is 4.19. The average Bonchev–Trinajstić information content (AvgIpc) is 2.55. The normalized spacial score (nSPS) is 10.8. The van der Waals surface area contributed by atoms with Crippen LogP contribution in [0.25, 0.3) is 5.65 Å². The topological polar surface area (TPSA) is 60.7 Å². The van der Waals surface area contributed by atoms with Crippen LogP contribution in [0.4, 0.5) is 0 Å². The van der Waals surface area contributed by atoms with Gasteiger partial charge in [0.2, 0.25) is 0 Å². The second kappa shape index (κ2) is 7.25. The smallest absolute Gasteiger partial charge is 0.310 e. The number of nitrogens with zero attached hydrogens (tertiary/aromatic N) is 2. The first kappa shape index (κ1) is 17.5. The van der Waals surface area contributed by atoms with Gasteiger partial charge in [0.25, 0.3) is 5.56 Å². The number of hydrogen-bond acceptors (Lipinski definition) is 4. The van der Waals surface area contributed by atoms with E-state index in [4.69, 9.17) is 27.9 Å². The van der Waals surface area contributed by atoms with Gasteiger partial charge in [-0.15, -0.1) is 0 Å². The minimum absolute atomic E-state index is 0.0155. The lowest BCUT2D eigenvalue weighted by molar-refractivity contribution is -0.144. The summed E-state index contributed by atoms with van der Waals surface area (Å²) in [5.41, 5.74) is 2.29. The highest BCUT2D eigenvalue weighted by Crippen LogP contribution is 2.21. The number of aromatic nitrogens is 2. The van der Waals surface area contributed by atoms with Crippen LogP contribution in [0.3, 0.4) is 0 Å². The molecule has 0 unspecified atom stereocenters. The van der Waals surface area contributed by atoms with Gasteiger partial charge in [0.1, 0.15) is 12.3 Å². The molecule has 1 aromatic carbocycles. The Balaban J connectivity index is 1.71. The van der Waals surface area contributed by atoms with E-state index < -0.39 is 5.97 Å². The monoisotopic (exact) mass is 376 g/mol. The quantitative estimate of drug-likeness (QED) is 0.652. The molecular formula is C18H14Cl2N2O3. The molecule has 0 aliphatic heterocycles. The molecule has 25 heavy (non-hydrogen) atoms. The molecule has 0 N–H and O–H groups in total. The molecule has 0 radical (unpaired) electrons. The van der Waals surface area contributed by atoms with Crippen LogP contribution in [0.1, 0.15) is 16.8 Å². The Bertz CT molecular complexity index is 1010. The second-order valence-electron chi connectivity index (χ2n) is 5.59. The van der Waals surface area contributed by atoms with Gasteiger partial charge in [-0.2, -0.15) is 0 Å². The van der Waals surface area contributed by atoms with Crippen LogP contribution < -0.4 is 5.56 Å². The van der Waals surface area contributed by atoms with E-state index in [-0.39, 0.29) is 18.6 Å². The summed E-state index contributed by atoms with van der Waals surface area (Å²) in [7, 11) is 0. The lowest BCUT2D eigenvalue weighted by atomic mass is 10.1. The number of pyridine rings is 1. The highest BCUT2D eigenvalue weighted by molar-refractivity contribution is 6.35. The molecule has 2 aromatic heterocycles. The number of hydrogen-bond donors (Lipinski definition) is 0. The summed E-state index contributed by atoms with van der Waals surface area (Å²) in [5, 5.41) is 0.903. The third kappa shape index (κ3) is 4.18. The van der Waals surface area contributed by atoms with Gasteiger partial charge in [0.05, 0.1) is 12.1 Å². The molecule has 0 amide bonds. The first-order chi connectivity index (χ1) is 11.9. The van der Waals surface area contributed by atoms with Gasteiger partial charge in [0, 0.05) is 22.3 Å². The van der Waals surface area contributed by atoms with Gasteiger partial charge in [0.15, 0.2) is 0 Å². The van der Waals surface area contributed by atoms with Crippen molar-refractivity contribution in [2.45, 2.75) is 20.0 Å². The first-order valence-electron chi connectivity index (χ1n) is 7.51. The summed E-state index contributed by atoms with van der Waals surface area (Å²) >= 11 is 11.9. The number of esters is 1. The average molecular weight is 377 g/mol. The van der Waals surface area contributed by atoms with Gasteiger partial charge >= 0.3 is 5.97 Å². The summed E-state index contributed by atoms with van der Waals surface area (Å²) in [6.45, 7) is 1.83. The lowest BCUT2D eigenvalue weighted by Crippen LogP contribution is -2.17. The third-order valence-electron chi connectivity index (χ3n) is 3.61. The van der Waals surface area contributed by atoms with E-state index in [0.29, 0.717) is 26.9 Å². The Kier molecular flexibility index (Phi) is 5.06. The molecule has 0 saturated heterocycles. The molecule has 3 aromatic rings. The van der Waals surface area contributed by atoms with E-state index in [1.807, 2.05) is 13.0 Å². The van der Waals surface area contributed by atoms with E-state index in [2.05, 4.69) is 4.98 Å². The van der Waals surface area contributed by atoms with Crippen molar-refractivity contribution in [3.63, 3.8) is 0 Å². The highest BCUT2D eigenvalue weighted by Gasteiger charge is 2.10. The Hall–Kier alpha value is -2.37. The zero-order valence-corrected chi connectivity index (χ0v) is 14.8. The lowest BCUT2D eigenvalue weighted by Gasteiger charge is -2.07. The van der Waals surface area contributed by atoms with Crippen molar-refractivity contribution in [1.82, 2.24) is 9.38 Å². The summed E-state index contributed by atoms with van der Waals surface area (Å²) in [4.78, 5) is 28.4. The van der Waals surface area contributed by atoms with E-state index in [9.17, 15) is 9.59 Å². The number of fused-ring (bicyclic) bond motifs is 1. The van der Waals surface area contributed by atoms with Gasteiger partial charge in [-0.1, -0.05) is 29.3 Å². The molecule has 3 rings (SSSR count). The molecule has 0 atom stereocenters. The maximum atomic E-state index is 12.1. The molecule has 5 nitrogen and oxygen atoms in total. The number of benzene rings is 1. The maximum absolute atomic E-state index is 12.1. The molecule has 0 aliphatic rings. The molecule has 0 saturated carbocycles. The fourth-order valence-corrected chi connectivity index (χ4v) is 2.83. The van der Waals surface area contributed by atoms with Crippen molar-refractivity contribution in [2.75, 3.05) is 0 Å². The minimum Gasteiger partial charge on any atom is -0.459 e. The summed E-state index contributed by atoms with van der Waals surface area (Å²) in [6.07, 6.45) is 1.68. The predicted octanol–water partition coefficient (Wildman–Crippen LogP) is 3.60. The molecule has 0 aliphatic carbocycles. The van der Waals surface area contributed by atoms with Crippen LogP contribution in [-0.4, -0.2) is 15.4 Å². The van der Waals surface area contributed by atoms with E-state index in [0.717, 1.165) is 5.56 Å². The summed E-state index contributed by atoms with van der Waals surface area (Å²) in [6, 6.07) is 9.87. The van der Waals surface area contributed by atoms with E-state index >= 15 is 0 Å². The standard InChI is InChI=1S/C18H14Cl2N2O3/c1-11-4-5-22-16(6-11)21-14(9-17(22)23)10-25-18(24)7-12-2-3-13(19)8-15(12)20/h2-6,8-9H,7,10H2,1H3. The van der Waals surface area contributed by atoms with E-state index in [1.54, 1.807) is 30.5 Å². The van der Waals surface area contributed by atoms with E-state index in [1.165, 1.54) is 10.5 Å². The van der Waals surface area contributed by atoms with Gasteiger partial charge < -0.3 is 4.74 Å². The number of halogens is 2. The Morgan fingerprint density at radius 3 is 2.76 bits per heavy atom. The minimum atomic E-state index is -0.463. The van der Waals surface area contributed by atoms with Crippen molar-refractivity contribution in [1.29, 1.82) is 0 Å². The molecule has 0 spiro atoms. The SMILES string of the molecule is Cc1ccn2c(=O)cc(COC(=O)Cc3ccc(Cl)cc3Cl)nc2c1. The molecule has 7 heteroatoms. The Labute approximate surface area is 153 Å². The zero-order valence-electron chi connectivity index (χ0n) is 13.3. The predicted molar refractivity (Wildman–Crippen MR) is 96.2 cm³/mol. The summed E-state index contributed by atoms with van der Waals surface area (Å²) < 4.78 is 6.65. The molecular weight excluding hydrogens is 363 g/mol. The fraction of sp³-hybridized carbons (Fsp3) is 0.167. The molecule has 0 bridgehead atoms. The van der Waals surface area contributed by atoms with Crippen LogP contribution >= 0.6 is 23.2 Å².